The lowest BCUT2D eigenvalue weighted by Gasteiger charge is -2.35. The van der Waals surface area contributed by atoms with Crippen LogP contribution in [0.25, 0.3) is 0 Å². The minimum absolute atomic E-state index is 0.287. The summed E-state index contributed by atoms with van der Waals surface area (Å²) in [6.07, 6.45) is 4.33. The van der Waals surface area contributed by atoms with Crippen LogP contribution in [0.2, 0.25) is 0 Å². The van der Waals surface area contributed by atoms with Crippen LogP contribution >= 0.6 is 0 Å². The van der Waals surface area contributed by atoms with Crippen molar-refractivity contribution >= 4 is 5.82 Å². The minimum Gasteiger partial charge on any atom is -0.354 e. The fourth-order valence-corrected chi connectivity index (χ4v) is 2.62. The molecule has 4 heteroatoms. The molecule has 1 aromatic rings. The Kier molecular flexibility index (Phi) is 5.38. The molecule has 0 aromatic carbocycles. The van der Waals surface area contributed by atoms with E-state index in [0.717, 1.165) is 38.5 Å². The standard InChI is InChI=1S/C16H28N4/c1-16(2,14-17)7-5-9-19-10-12-20(13-11-19)15-6-3-4-8-18-15/h3-4,6,8H,5,7,9-14,17H2,1-2H3. The largest absolute Gasteiger partial charge is 0.354 e. The van der Waals surface area contributed by atoms with Gasteiger partial charge in [-0.2, -0.15) is 0 Å². The number of hydrogen-bond acceptors (Lipinski definition) is 4. The van der Waals surface area contributed by atoms with Crippen LogP contribution in [0, 0.1) is 5.41 Å². The van der Waals surface area contributed by atoms with Gasteiger partial charge in [-0.1, -0.05) is 19.9 Å². The molecule has 112 valence electrons. The molecule has 0 bridgehead atoms. The molecule has 20 heavy (non-hydrogen) atoms. The Balaban J connectivity index is 1.70. The highest BCUT2D eigenvalue weighted by Gasteiger charge is 2.19. The van der Waals surface area contributed by atoms with E-state index in [1.165, 1.54) is 19.4 Å². The van der Waals surface area contributed by atoms with Gasteiger partial charge in [0, 0.05) is 32.4 Å². The number of rotatable bonds is 6. The van der Waals surface area contributed by atoms with Crippen molar-refractivity contribution in [2.75, 3.05) is 44.2 Å². The summed E-state index contributed by atoms with van der Waals surface area (Å²) in [7, 11) is 0. The van der Waals surface area contributed by atoms with Crippen LogP contribution in [-0.4, -0.2) is 49.2 Å². The summed E-state index contributed by atoms with van der Waals surface area (Å²) in [5.41, 5.74) is 6.07. The molecule has 1 aliphatic rings. The molecule has 1 saturated heterocycles. The van der Waals surface area contributed by atoms with Crippen molar-refractivity contribution in [3.8, 4) is 0 Å². The fraction of sp³-hybridized carbons (Fsp3) is 0.688. The third-order valence-electron chi connectivity index (χ3n) is 4.23. The van der Waals surface area contributed by atoms with E-state index in [-0.39, 0.29) is 5.41 Å². The number of aromatic nitrogens is 1. The number of pyridine rings is 1. The molecule has 1 aromatic heterocycles. The average molecular weight is 276 g/mol. The van der Waals surface area contributed by atoms with Crippen molar-refractivity contribution < 1.29 is 0 Å². The lowest BCUT2D eigenvalue weighted by atomic mass is 9.88. The Morgan fingerprint density at radius 1 is 1.20 bits per heavy atom. The van der Waals surface area contributed by atoms with E-state index in [0.29, 0.717) is 0 Å². The van der Waals surface area contributed by atoms with Crippen LogP contribution in [0.4, 0.5) is 5.82 Å². The molecule has 1 fully saturated rings. The summed E-state index contributed by atoms with van der Waals surface area (Å²) in [5, 5.41) is 0. The molecule has 2 N–H and O–H groups in total. The third-order valence-corrected chi connectivity index (χ3v) is 4.23. The Labute approximate surface area is 123 Å². The van der Waals surface area contributed by atoms with E-state index >= 15 is 0 Å². The first-order valence-electron chi connectivity index (χ1n) is 7.69. The fourth-order valence-electron chi connectivity index (χ4n) is 2.62. The molecule has 0 spiro atoms. The van der Waals surface area contributed by atoms with Crippen LogP contribution in [0.5, 0.6) is 0 Å². The van der Waals surface area contributed by atoms with Crippen molar-refractivity contribution in [3.63, 3.8) is 0 Å². The first kappa shape index (κ1) is 15.3. The quantitative estimate of drug-likeness (QED) is 0.863. The Morgan fingerprint density at radius 3 is 2.55 bits per heavy atom. The predicted molar refractivity (Wildman–Crippen MR) is 85.0 cm³/mol. The maximum atomic E-state index is 5.78. The van der Waals surface area contributed by atoms with E-state index in [2.05, 4.69) is 40.8 Å². The van der Waals surface area contributed by atoms with Gasteiger partial charge in [-0.25, -0.2) is 4.98 Å². The van der Waals surface area contributed by atoms with Crippen LogP contribution < -0.4 is 10.6 Å². The zero-order valence-electron chi connectivity index (χ0n) is 12.9. The van der Waals surface area contributed by atoms with Crippen molar-refractivity contribution in [2.45, 2.75) is 26.7 Å². The van der Waals surface area contributed by atoms with E-state index in [1.807, 2.05) is 12.3 Å². The SMILES string of the molecule is CC(C)(CN)CCCN1CCN(c2ccccn2)CC1. The predicted octanol–water partition coefficient (Wildman–Crippen LogP) is 1.97. The molecule has 4 nitrogen and oxygen atoms in total. The van der Waals surface area contributed by atoms with Crippen molar-refractivity contribution in [1.82, 2.24) is 9.88 Å². The van der Waals surface area contributed by atoms with Gasteiger partial charge in [-0.15, -0.1) is 0 Å². The van der Waals surface area contributed by atoms with Gasteiger partial charge in [0.2, 0.25) is 0 Å². The normalized spacial score (nSPS) is 17.4. The average Bonchev–Trinajstić information content (AvgIpc) is 2.49. The summed E-state index contributed by atoms with van der Waals surface area (Å²) in [4.78, 5) is 9.36. The second-order valence-corrected chi connectivity index (χ2v) is 6.49. The Hall–Kier alpha value is -1.13. The lowest BCUT2D eigenvalue weighted by molar-refractivity contribution is 0.232. The molecular formula is C16H28N4. The first-order valence-corrected chi connectivity index (χ1v) is 7.69. The van der Waals surface area contributed by atoms with E-state index in [1.54, 1.807) is 0 Å². The topological polar surface area (TPSA) is 45.4 Å². The summed E-state index contributed by atoms with van der Waals surface area (Å²) in [6.45, 7) is 10.9. The Morgan fingerprint density at radius 2 is 1.95 bits per heavy atom. The molecule has 1 aliphatic heterocycles. The zero-order valence-corrected chi connectivity index (χ0v) is 12.9. The van der Waals surface area contributed by atoms with Gasteiger partial charge in [-0.05, 0) is 43.5 Å². The van der Waals surface area contributed by atoms with Gasteiger partial charge in [0.05, 0.1) is 0 Å². The van der Waals surface area contributed by atoms with Gasteiger partial charge in [0.1, 0.15) is 5.82 Å². The molecule has 2 heterocycles. The molecule has 2 rings (SSSR count). The van der Waals surface area contributed by atoms with Gasteiger partial charge in [-0.3, -0.25) is 4.90 Å². The zero-order chi connectivity index (χ0) is 14.4. The highest BCUT2D eigenvalue weighted by atomic mass is 15.3. The molecule has 0 unspecified atom stereocenters. The second kappa shape index (κ2) is 7.04. The van der Waals surface area contributed by atoms with E-state index < -0.39 is 0 Å². The molecule has 0 radical (unpaired) electrons. The van der Waals surface area contributed by atoms with Crippen LogP contribution in [-0.2, 0) is 0 Å². The number of nitrogens with zero attached hydrogens (tertiary/aromatic N) is 3. The maximum absolute atomic E-state index is 5.78. The third kappa shape index (κ3) is 4.46. The summed E-state index contributed by atoms with van der Waals surface area (Å²) in [6, 6.07) is 6.13. The maximum Gasteiger partial charge on any atom is 0.128 e. The highest BCUT2D eigenvalue weighted by Crippen LogP contribution is 2.21. The minimum atomic E-state index is 0.287. The first-order chi connectivity index (χ1) is 9.61. The summed E-state index contributed by atoms with van der Waals surface area (Å²) in [5.74, 6) is 1.11. The van der Waals surface area contributed by atoms with Crippen LogP contribution in [0.1, 0.15) is 26.7 Å². The van der Waals surface area contributed by atoms with Gasteiger partial charge >= 0.3 is 0 Å². The van der Waals surface area contributed by atoms with Gasteiger partial charge in [0.25, 0.3) is 0 Å². The number of anilines is 1. The monoisotopic (exact) mass is 276 g/mol. The van der Waals surface area contributed by atoms with Crippen molar-refractivity contribution in [1.29, 1.82) is 0 Å². The summed E-state index contributed by atoms with van der Waals surface area (Å²) >= 11 is 0. The van der Waals surface area contributed by atoms with Crippen molar-refractivity contribution in [3.05, 3.63) is 24.4 Å². The molecular weight excluding hydrogens is 248 g/mol. The smallest absolute Gasteiger partial charge is 0.128 e. The Bertz CT molecular complexity index is 383. The molecule has 0 atom stereocenters. The van der Waals surface area contributed by atoms with Gasteiger partial charge < -0.3 is 10.6 Å². The van der Waals surface area contributed by atoms with E-state index in [4.69, 9.17) is 5.73 Å². The second-order valence-electron chi connectivity index (χ2n) is 6.49. The highest BCUT2D eigenvalue weighted by molar-refractivity contribution is 5.38. The lowest BCUT2D eigenvalue weighted by Crippen LogP contribution is -2.47. The number of piperazine rings is 1. The van der Waals surface area contributed by atoms with Crippen LogP contribution in [0.15, 0.2) is 24.4 Å². The summed E-state index contributed by atoms with van der Waals surface area (Å²) < 4.78 is 0. The number of hydrogen-bond donors (Lipinski definition) is 1. The molecule has 0 aliphatic carbocycles. The van der Waals surface area contributed by atoms with Gasteiger partial charge in [0.15, 0.2) is 0 Å². The molecule has 0 saturated carbocycles. The van der Waals surface area contributed by atoms with E-state index in [9.17, 15) is 0 Å². The number of nitrogens with two attached hydrogens (primary N) is 1. The van der Waals surface area contributed by atoms with Crippen LogP contribution in [0.3, 0.4) is 0 Å². The van der Waals surface area contributed by atoms with Crippen molar-refractivity contribution in [2.24, 2.45) is 11.1 Å². The molecule has 0 amide bonds.